The fraction of sp³-hybridized carbons (Fsp3) is 0.0625. The molecule has 3 rings (SSSR count). The van der Waals surface area contributed by atoms with E-state index in [4.69, 9.17) is 5.73 Å². The average molecular weight is 277 g/mol. The van der Waals surface area contributed by atoms with Gasteiger partial charge in [0.15, 0.2) is 5.84 Å². The van der Waals surface area contributed by atoms with Crippen molar-refractivity contribution < 1.29 is 0 Å². The van der Waals surface area contributed by atoms with Crippen molar-refractivity contribution in [2.24, 2.45) is 10.7 Å². The van der Waals surface area contributed by atoms with Crippen LogP contribution in [0, 0.1) is 0 Å². The maximum Gasteiger partial charge on any atom is 0.153 e. The van der Waals surface area contributed by atoms with Gasteiger partial charge in [-0.1, -0.05) is 53.7 Å². The Morgan fingerprint density at radius 2 is 1.67 bits per heavy atom. The Kier molecular flexibility index (Phi) is 3.73. The number of nitrogens with two attached hydrogens (primary N) is 1. The van der Waals surface area contributed by atoms with Crippen molar-refractivity contribution in [2.45, 2.75) is 6.54 Å². The molecule has 0 atom stereocenters. The second kappa shape index (κ2) is 6.00. The zero-order chi connectivity index (χ0) is 14.5. The van der Waals surface area contributed by atoms with Gasteiger partial charge in [-0.2, -0.15) is 0 Å². The number of rotatable bonds is 4. The van der Waals surface area contributed by atoms with Crippen LogP contribution in [0.1, 0.15) is 11.3 Å². The predicted octanol–water partition coefficient (Wildman–Crippen LogP) is 2.36. The lowest BCUT2D eigenvalue weighted by atomic mass is 10.2. The number of amidine groups is 1. The highest BCUT2D eigenvalue weighted by atomic mass is 15.4. The predicted molar refractivity (Wildman–Crippen MR) is 82.4 cm³/mol. The monoisotopic (exact) mass is 277 g/mol. The van der Waals surface area contributed by atoms with Gasteiger partial charge >= 0.3 is 0 Å². The second-order valence-electron chi connectivity index (χ2n) is 4.62. The first kappa shape index (κ1) is 13.1. The van der Waals surface area contributed by atoms with Gasteiger partial charge in [-0.15, -0.1) is 5.10 Å². The third-order valence-corrected chi connectivity index (χ3v) is 2.99. The van der Waals surface area contributed by atoms with Gasteiger partial charge in [-0.05, 0) is 17.7 Å². The average Bonchev–Trinajstić information content (AvgIpc) is 2.98. The number of benzene rings is 2. The van der Waals surface area contributed by atoms with Crippen LogP contribution >= 0.6 is 0 Å². The van der Waals surface area contributed by atoms with E-state index in [0.717, 1.165) is 11.3 Å². The van der Waals surface area contributed by atoms with Crippen LogP contribution in [0.3, 0.4) is 0 Å². The highest BCUT2D eigenvalue weighted by Gasteiger charge is 2.05. The quantitative estimate of drug-likeness (QED) is 0.588. The first-order chi connectivity index (χ1) is 10.3. The number of aromatic nitrogens is 3. The minimum Gasteiger partial charge on any atom is -0.382 e. The molecule has 1 heterocycles. The molecule has 0 radical (unpaired) electrons. The molecule has 1 aromatic heterocycles. The van der Waals surface area contributed by atoms with Gasteiger partial charge in [0.25, 0.3) is 0 Å². The highest BCUT2D eigenvalue weighted by molar-refractivity contribution is 5.96. The second-order valence-corrected chi connectivity index (χ2v) is 4.62. The summed E-state index contributed by atoms with van der Waals surface area (Å²) in [7, 11) is 0. The largest absolute Gasteiger partial charge is 0.382 e. The molecular formula is C16H15N5. The van der Waals surface area contributed by atoms with Crippen molar-refractivity contribution in [3.63, 3.8) is 0 Å². The van der Waals surface area contributed by atoms with Crippen LogP contribution < -0.4 is 5.73 Å². The summed E-state index contributed by atoms with van der Waals surface area (Å²) < 4.78 is 1.75. The Labute approximate surface area is 122 Å². The van der Waals surface area contributed by atoms with Crippen LogP contribution in [-0.2, 0) is 6.54 Å². The Morgan fingerprint density at radius 3 is 2.38 bits per heavy atom. The molecule has 0 fully saturated rings. The molecule has 0 spiro atoms. The Hall–Kier alpha value is -2.95. The standard InChI is InChI=1S/C16H15N5/c17-16(18-14-9-5-2-6-10-14)15-12-21(20-19-15)11-13-7-3-1-4-8-13/h1-10,12H,11H2,(H2,17,18). The fourth-order valence-corrected chi connectivity index (χ4v) is 1.96. The van der Waals surface area contributed by atoms with Crippen molar-refractivity contribution in [1.82, 2.24) is 15.0 Å². The minimum absolute atomic E-state index is 0.362. The SMILES string of the molecule is NC(=Nc1ccccc1)c1cn(Cc2ccccc2)nn1. The van der Waals surface area contributed by atoms with E-state index < -0.39 is 0 Å². The molecule has 21 heavy (non-hydrogen) atoms. The van der Waals surface area contributed by atoms with E-state index in [2.05, 4.69) is 15.3 Å². The summed E-state index contributed by atoms with van der Waals surface area (Å²) in [6.07, 6.45) is 1.80. The summed E-state index contributed by atoms with van der Waals surface area (Å²) >= 11 is 0. The van der Waals surface area contributed by atoms with Gasteiger partial charge in [-0.3, -0.25) is 0 Å². The molecule has 0 amide bonds. The van der Waals surface area contributed by atoms with E-state index in [1.54, 1.807) is 10.9 Å². The molecule has 0 aliphatic rings. The van der Waals surface area contributed by atoms with E-state index >= 15 is 0 Å². The zero-order valence-corrected chi connectivity index (χ0v) is 11.4. The molecule has 0 aliphatic heterocycles. The lowest BCUT2D eigenvalue weighted by Crippen LogP contribution is -2.13. The number of para-hydroxylation sites is 1. The molecule has 2 aromatic carbocycles. The first-order valence-electron chi connectivity index (χ1n) is 6.65. The summed E-state index contributed by atoms with van der Waals surface area (Å²) in [5, 5.41) is 8.15. The molecule has 0 saturated heterocycles. The smallest absolute Gasteiger partial charge is 0.153 e. The van der Waals surface area contributed by atoms with Crippen molar-refractivity contribution in [2.75, 3.05) is 0 Å². The van der Waals surface area contributed by atoms with Crippen LogP contribution in [0.2, 0.25) is 0 Å². The van der Waals surface area contributed by atoms with E-state index in [1.807, 2.05) is 60.7 Å². The van der Waals surface area contributed by atoms with E-state index in [9.17, 15) is 0 Å². The molecular weight excluding hydrogens is 262 g/mol. The highest BCUT2D eigenvalue weighted by Crippen LogP contribution is 2.11. The lowest BCUT2D eigenvalue weighted by molar-refractivity contribution is 0.649. The van der Waals surface area contributed by atoms with Gasteiger partial charge in [0.05, 0.1) is 18.4 Å². The molecule has 5 nitrogen and oxygen atoms in total. The van der Waals surface area contributed by atoms with Crippen molar-refractivity contribution >= 4 is 11.5 Å². The Morgan fingerprint density at radius 1 is 1.00 bits per heavy atom. The van der Waals surface area contributed by atoms with Crippen molar-refractivity contribution in [1.29, 1.82) is 0 Å². The van der Waals surface area contributed by atoms with E-state index in [1.165, 1.54) is 0 Å². The topological polar surface area (TPSA) is 69.1 Å². The molecule has 0 aliphatic carbocycles. The number of nitrogens with zero attached hydrogens (tertiary/aromatic N) is 4. The van der Waals surface area contributed by atoms with Crippen LogP contribution in [0.25, 0.3) is 0 Å². The normalized spacial score (nSPS) is 11.5. The molecule has 104 valence electrons. The summed E-state index contributed by atoms with van der Waals surface area (Å²) in [4.78, 5) is 4.33. The van der Waals surface area contributed by atoms with Gasteiger partial charge in [0.2, 0.25) is 0 Å². The zero-order valence-electron chi connectivity index (χ0n) is 11.4. The summed E-state index contributed by atoms with van der Waals surface area (Å²) in [5.41, 5.74) is 8.50. The van der Waals surface area contributed by atoms with Gasteiger partial charge < -0.3 is 5.73 Å². The van der Waals surface area contributed by atoms with Crippen LogP contribution in [-0.4, -0.2) is 20.8 Å². The van der Waals surface area contributed by atoms with E-state index in [0.29, 0.717) is 18.1 Å². The van der Waals surface area contributed by atoms with Crippen LogP contribution in [0.5, 0.6) is 0 Å². The minimum atomic E-state index is 0.362. The third-order valence-electron chi connectivity index (χ3n) is 2.99. The maximum absolute atomic E-state index is 5.97. The van der Waals surface area contributed by atoms with Gasteiger partial charge in [0, 0.05) is 0 Å². The lowest BCUT2D eigenvalue weighted by Gasteiger charge is -1.99. The molecule has 5 heteroatoms. The third kappa shape index (κ3) is 3.33. The first-order valence-corrected chi connectivity index (χ1v) is 6.65. The van der Waals surface area contributed by atoms with Gasteiger partial charge in [0.1, 0.15) is 5.69 Å². The summed E-state index contributed by atoms with van der Waals surface area (Å²) in [6.45, 7) is 0.659. The molecule has 3 aromatic rings. The molecule has 0 bridgehead atoms. The summed E-state index contributed by atoms with van der Waals surface area (Å²) in [6, 6.07) is 19.6. The Balaban J connectivity index is 1.77. The summed E-state index contributed by atoms with van der Waals surface area (Å²) in [5.74, 6) is 0.362. The van der Waals surface area contributed by atoms with Gasteiger partial charge in [-0.25, -0.2) is 9.67 Å². The molecule has 2 N–H and O–H groups in total. The van der Waals surface area contributed by atoms with Crippen LogP contribution in [0.15, 0.2) is 71.9 Å². The number of aliphatic imine (C=N–C) groups is 1. The van der Waals surface area contributed by atoms with Crippen molar-refractivity contribution in [3.8, 4) is 0 Å². The Bertz CT molecular complexity index is 732. The maximum atomic E-state index is 5.97. The number of hydrogen-bond acceptors (Lipinski definition) is 3. The molecule has 0 unspecified atom stereocenters. The fourth-order valence-electron chi connectivity index (χ4n) is 1.96. The van der Waals surface area contributed by atoms with E-state index in [-0.39, 0.29) is 0 Å². The van der Waals surface area contributed by atoms with Crippen molar-refractivity contribution in [3.05, 3.63) is 78.1 Å². The molecule has 0 saturated carbocycles. The number of hydrogen-bond donors (Lipinski definition) is 1. The van der Waals surface area contributed by atoms with Crippen LogP contribution in [0.4, 0.5) is 5.69 Å².